The third-order valence-corrected chi connectivity index (χ3v) is 14.6. The number of benzene rings is 3. The molecule has 2 aliphatic rings. The van der Waals surface area contributed by atoms with E-state index in [0.717, 1.165) is 49.0 Å². The third kappa shape index (κ3) is 10.9. The molecule has 2 heterocycles. The average Bonchev–Trinajstić information content (AvgIpc) is 3.14. The minimum atomic E-state index is -2.16. The lowest BCUT2D eigenvalue weighted by molar-refractivity contribution is -0.218. The summed E-state index contributed by atoms with van der Waals surface area (Å²) >= 11 is 0. The molecule has 0 aliphatic carbocycles. The predicted molar refractivity (Wildman–Crippen MR) is 201 cm³/mol. The molecule has 2 fully saturated rings. The zero-order valence-corrected chi connectivity index (χ0v) is 31.2. The molecule has 3 aromatic carbocycles. The van der Waals surface area contributed by atoms with E-state index < -0.39 is 38.4 Å². The quantitative estimate of drug-likeness (QED) is 0.118. The third-order valence-electron chi connectivity index (χ3n) is 10.2. The summed E-state index contributed by atoms with van der Waals surface area (Å²) in [5.41, 5.74) is 6.98. The fraction of sp³-hybridized carbons (Fsp3) is 0.488. The van der Waals surface area contributed by atoms with Crippen molar-refractivity contribution in [3.05, 3.63) is 108 Å². The van der Waals surface area contributed by atoms with Gasteiger partial charge >= 0.3 is 0 Å². The zero-order chi connectivity index (χ0) is 35.2. The van der Waals surface area contributed by atoms with Crippen molar-refractivity contribution in [1.29, 1.82) is 0 Å². The first kappa shape index (κ1) is 38.0. The Labute approximate surface area is 301 Å². The van der Waals surface area contributed by atoms with Crippen LogP contribution in [0.3, 0.4) is 0 Å². The van der Waals surface area contributed by atoms with Gasteiger partial charge in [0.2, 0.25) is 0 Å². The van der Waals surface area contributed by atoms with Gasteiger partial charge in [-0.25, -0.2) is 0 Å². The zero-order valence-electron chi connectivity index (χ0n) is 30.2. The highest BCUT2D eigenvalue weighted by molar-refractivity contribution is 6.87. The molecule has 1 unspecified atom stereocenters. The van der Waals surface area contributed by atoms with Crippen molar-refractivity contribution >= 4 is 8.07 Å². The molecule has 0 bridgehead atoms. The number of hydrogen-bond donors (Lipinski definition) is 0. The molecule has 6 atom stereocenters. The lowest BCUT2D eigenvalue weighted by Gasteiger charge is -2.43. The highest BCUT2D eigenvalue weighted by atomic mass is 28.3. The van der Waals surface area contributed by atoms with Gasteiger partial charge in [-0.2, -0.15) is 0 Å². The van der Waals surface area contributed by atoms with Gasteiger partial charge in [-0.1, -0.05) is 130 Å². The van der Waals surface area contributed by atoms with E-state index in [1.807, 2.05) is 54.6 Å². The molecule has 0 aromatic heterocycles. The van der Waals surface area contributed by atoms with Crippen LogP contribution in [0.15, 0.2) is 91.0 Å². The standard InChI is InChI=1S/C43H54O6Si/c1-6-37-39(33-44-30-34-18-10-7-11-19-34)49-38(25-29-50(4,5)43(2,3)26-28-46-40-24-16-17-27-45-40)42(48-32-36-22-14-9-15-23-36)41(37)47-31-35-20-12-8-13-21-35/h1,7-15,18-23,37-42H,16-17,24,26-28,30-33H2,2-5H3/t37-,38+,39-,40?,41+,42+/m1/s1. The first-order valence-corrected chi connectivity index (χ1v) is 21.1. The van der Waals surface area contributed by atoms with Gasteiger partial charge in [-0.3, -0.25) is 0 Å². The summed E-state index contributed by atoms with van der Waals surface area (Å²) in [6, 6.07) is 30.4. The van der Waals surface area contributed by atoms with Gasteiger partial charge in [0, 0.05) is 13.2 Å². The SMILES string of the molecule is C#C[C@H]1[C@H](OCc2ccccc2)[C@@H](OCc2ccccc2)[C@H](C#C[Si](C)(C)C(C)(C)CCOC2CCCCO2)O[C@@H]1COCc1ccccc1. The first-order valence-electron chi connectivity index (χ1n) is 18.1. The minimum Gasteiger partial charge on any atom is -0.374 e. The smallest absolute Gasteiger partial charge is 0.157 e. The van der Waals surface area contributed by atoms with Crippen molar-refractivity contribution in [3.63, 3.8) is 0 Å². The molecule has 0 amide bonds. The first-order chi connectivity index (χ1) is 24.3. The van der Waals surface area contributed by atoms with Crippen LogP contribution in [0.2, 0.25) is 18.1 Å². The van der Waals surface area contributed by atoms with Crippen molar-refractivity contribution in [1.82, 2.24) is 0 Å². The van der Waals surface area contributed by atoms with Crippen LogP contribution in [-0.4, -0.2) is 58.6 Å². The molecule has 0 radical (unpaired) electrons. The molecule has 2 saturated heterocycles. The van der Waals surface area contributed by atoms with Gasteiger partial charge in [0.25, 0.3) is 0 Å². The van der Waals surface area contributed by atoms with Crippen LogP contribution in [0.5, 0.6) is 0 Å². The minimum absolute atomic E-state index is 0.0213. The topological polar surface area (TPSA) is 55.4 Å². The second-order valence-electron chi connectivity index (χ2n) is 14.5. The predicted octanol–water partition coefficient (Wildman–Crippen LogP) is 8.36. The van der Waals surface area contributed by atoms with Crippen LogP contribution in [0.1, 0.15) is 56.2 Å². The van der Waals surface area contributed by atoms with Gasteiger partial charge in [0.1, 0.15) is 26.4 Å². The van der Waals surface area contributed by atoms with E-state index in [9.17, 15) is 0 Å². The van der Waals surface area contributed by atoms with Crippen molar-refractivity contribution in [2.24, 2.45) is 5.92 Å². The Morgan fingerprint density at radius 3 is 1.92 bits per heavy atom. The molecular formula is C43H54O6Si. The second-order valence-corrected chi connectivity index (χ2v) is 19.4. The maximum Gasteiger partial charge on any atom is 0.157 e. The summed E-state index contributed by atoms with van der Waals surface area (Å²) in [5.74, 6) is 6.20. The van der Waals surface area contributed by atoms with E-state index in [0.29, 0.717) is 33.0 Å². The lowest BCUT2D eigenvalue weighted by atomic mass is 9.87. The van der Waals surface area contributed by atoms with E-state index in [-0.39, 0.29) is 11.3 Å². The van der Waals surface area contributed by atoms with Crippen molar-refractivity contribution in [3.8, 4) is 23.8 Å². The summed E-state index contributed by atoms with van der Waals surface area (Å²) in [7, 11) is -2.16. The Bertz CT molecular complexity index is 1520. The molecule has 0 saturated carbocycles. The van der Waals surface area contributed by atoms with E-state index in [2.05, 4.69) is 80.7 Å². The molecule has 266 valence electrons. The maximum absolute atomic E-state index is 6.81. The fourth-order valence-electron chi connectivity index (χ4n) is 6.20. The number of ether oxygens (including phenoxy) is 6. The Morgan fingerprint density at radius 1 is 0.780 bits per heavy atom. The van der Waals surface area contributed by atoms with E-state index in [1.54, 1.807) is 0 Å². The largest absolute Gasteiger partial charge is 0.374 e. The Balaban J connectivity index is 1.39. The summed E-state index contributed by atoms with van der Waals surface area (Å²) in [6.45, 7) is 12.3. The summed E-state index contributed by atoms with van der Waals surface area (Å²) in [5, 5.41) is -0.0213. The van der Waals surface area contributed by atoms with E-state index in [1.165, 1.54) is 0 Å². The molecule has 0 N–H and O–H groups in total. The molecule has 7 heteroatoms. The molecule has 5 rings (SSSR count). The normalized spacial score (nSPS) is 24.1. The highest BCUT2D eigenvalue weighted by Gasteiger charge is 2.47. The summed E-state index contributed by atoms with van der Waals surface area (Å²) in [6.07, 6.45) is 8.34. The maximum atomic E-state index is 6.81. The van der Waals surface area contributed by atoms with Gasteiger partial charge < -0.3 is 28.4 Å². The fourth-order valence-corrected chi connectivity index (χ4v) is 7.77. The van der Waals surface area contributed by atoms with Crippen LogP contribution >= 0.6 is 0 Å². The summed E-state index contributed by atoms with van der Waals surface area (Å²) in [4.78, 5) is 0. The number of rotatable bonds is 15. The monoisotopic (exact) mass is 694 g/mol. The molecule has 50 heavy (non-hydrogen) atoms. The molecule has 0 spiro atoms. The second kappa shape index (κ2) is 18.8. The van der Waals surface area contributed by atoms with Crippen LogP contribution in [0.4, 0.5) is 0 Å². The van der Waals surface area contributed by atoms with Crippen molar-refractivity contribution < 1.29 is 28.4 Å². The average molecular weight is 695 g/mol. The molecule has 6 nitrogen and oxygen atoms in total. The summed E-state index contributed by atoms with van der Waals surface area (Å²) < 4.78 is 38.4. The van der Waals surface area contributed by atoms with Gasteiger partial charge in [-0.05, 0) is 47.4 Å². The molecule has 2 aliphatic heterocycles. The van der Waals surface area contributed by atoms with Gasteiger partial charge in [-0.15, -0.1) is 12.0 Å². The Hall–Kier alpha value is -3.24. The van der Waals surface area contributed by atoms with Gasteiger partial charge in [0.05, 0.1) is 38.4 Å². The highest BCUT2D eigenvalue weighted by Crippen LogP contribution is 2.41. The van der Waals surface area contributed by atoms with Crippen molar-refractivity contribution in [2.75, 3.05) is 19.8 Å². The molecular weight excluding hydrogens is 641 g/mol. The van der Waals surface area contributed by atoms with Crippen molar-refractivity contribution in [2.45, 2.75) is 108 Å². The molecule has 3 aromatic rings. The Kier molecular flexibility index (Phi) is 14.3. The lowest BCUT2D eigenvalue weighted by Crippen LogP contribution is -2.57. The Morgan fingerprint density at radius 2 is 1.36 bits per heavy atom. The number of terminal acetylenes is 1. The number of hydrogen-bond acceptors (Lipinski definition) is 6. The van der Waals surface area contributed by atoms with E-state index >= 15 is 0 Å². The van der Waals surface area contributed by atoms with Crippen LogP contribution in [0.25, 0.3) is 0 Å². The van der Waals surface area contributed by atoms with Crippen LogP contribution in [0, 0.1) is 29.7 Å². The van der Waals surface area contributed by atoms with Crippen LogP contribution < -0.4 is 0 Å². The van der Waals surface area contributed by atoms with Gasteiger partial charge in [0.15, 0.2) is 6.29 Å². The van der Waals surface area contributed by atoms with Crippen LogP contribution in [-0.2, 0) is 48.2 Å². The van der Waals surface area contributed by atoms with E-state index in [4.69, 9.17) is 34.8 Å².